The summed E-state index contributed by atoms with van der Waals surface area (Å²) < 4.78 is 43.0. The number of halogens is 2. The number of nitrogens with zero attached hydrogens (tertiary/aromatic N) is 2. The minimum absolute atomic E-state index is 0.00263. The van der Waals surface area contributed by atoms with Crippen LogP contribution in [0.5, 0.6) is 0 Å². The number of rotatable bonds is 11. The van der Waals surface area contributed by atoms with Crippen LogP contribution in [-0.2, 0) is 26.2 Å². The molecule has 7 nitrogen and oxygen atoms in total. The van der Waals surface area contributed by atoms with Crippen LogP contribution in [0.15, 0.2) is 71.6 Å². The monoisotopic (exact) mass is 627 g/mol. The number of carbonyl (C=O) groups excluding carboxylic acids is 2. The molecule has 4 rings (SSSR count). The van der Waals surface area contributed by atoms with Crippen molar-refractivity contribution in [2.45, 2.75) is 82.8 Å². The Morgan fingerprint density at radius 2 is 1.63 bits per heavy atom. The van der Waals surface area contributed by atoms with E-state index >= 15 is 0 Å². The van der Waals surface area contributed by atoms with Crippen molar-refractivity contribution >= 4 is 39.1 Å². The van der Waals surface area contributed by atoms with Gasteiger partial charge in [-0.1, -0.05) is 73.7 Å². The highest BCUT2D eigenvalue weighted by Gasteiger charge is 2.35. The first-order valence-corrected chi connectivity index (χ1v) is 16.5. The molecule has 0 radical (unpaired) electrons. The standard InChI is InChI=1S/C33H39ClFN3O4S/c1-4-30(33(40)36-27-9-6-5-7-10-27)37(21-25-15-17-26(35)18-16-25)32(39)22-38(31-12-8-11-29(34)24(31)3)43(41,42)28-19-13-23(2)14-20-28/h8,11-20,27,30H,4-7,9-10,21-22H2,1-3H3,(H,36,40)/t30-/m1/s1. The molecule has 1 N–H and O–H groups in total. The second kappa shape index (κ2) is 14.4. The fraction of sp³-hybridized carbons (Fsp3) is 0.394. The van der Waals surface area contributed by atoms with E-state index in [4.69, 9.17) is 11.6 Å². The van der Waals surface area contributed by atoms with Gasteiger partial charge in [-0.3, -0.25) is 13.9 Å². The lowest BCUT2D eigenvalue weighted by Crippen LogP contribution is -2.54. The maximum Gasteiger partial charge on any atom is 0.264 e. The highest BCUT2D eigenvalue weighted by atomic mass is 35.5. The van der Waals surface area contributed by atoms with E-state index in [1.165, 1.54) is 29.2 Å². The molecule has 3 aromatic rings. The highest BCUT2D eigenvalue weighted by molar-refractivity contribution is 7.92. The number of aryl methyl sites for hydroxylation is 1. The van der Waals surface area contributed by atoms with Gasteiger partial charge in [0, 0.05) is 17.6 Å². The number of hydrogen-bond acceptors (Lipinski definition) is 4. The summed E-state index contributed by atoms with van der Waals surface area (Å²) in [4.78, 5) is 29.3. The van der Waals surface area contributed by atoms with E-state index in [9.17, 15) is 22.4 Å². The minimum atomic E-state index is -4.22. The van der Waals surface area contributed by atoms with Crippen molar-refractivity contribution in [2.75, 3.05) is 10.8 Å². The Hall–Kier alpha value is -3.43. The number of amides is 2. The second-order valence-corrected chi connectivity index (χ2v) is 13.4. The predicted molar refractivity (Wildman–Crippen MR) is 168 cm³/mol. The summed E-state index contributed by atoms with van der Waals surface area (Å²) in [5, 5.41) is 3.48. The SMILES string of the molecule is CC[C@H](C(=O)NC1CCCCC1)N(Cc1ccc(F)cc1)C(=O)CN(c1cccc(Cl)c1C)S(=O)(=O)c1ccc(C)cc1. The second-order valence-electron chi connectivity index (χ2n) is 11.1. The average Bonchev–Trinajstić information content (AvgIpc) is 2.99. The zero-order valence-corrected chi connectivity index (χ0v) is 26.4. The van der Waals surface area contributed by atoms with Gasteiger partial charge >= 0.3 is 0 Å². The molecule has 1 atom stereocenters. The van der Waals surface area contributed by atoms with Gasteiger partial charge in [0.1, 0.15) is 18.4 Å². The largest absolute Gasteiger partial charge is 0.352 e. The molecule has 0 aliphatic heterocycles. The maximum atomic E-state index is 14.3. The predicted octanol–water partition coefficient (Wildman–Crippen LogP) is 6.55. The molecule has 0 bridgehead atoms. The molecule has 3 aromatic carbocycles. The van der Waals surface area contributed by atoms with E-state index in [0.29, 0.717) is 22.6 Å². The maximum absolute atomic E-state index is 14.3. The fourth-order valence-electron chi connectivity index (χ4n) is 5.47. The van der Waals surface area contributed by atoms with Gasteiger partial charge in [0.2, 0.25) is 11.8 Å². The first-order chi connectivity index (χ1) is 20.5. The van der Waals surface area contributed by atoms with Crippen LogP contribution >= 0.6 is 11.6 Å². The Balaban J connectivity index is 1.73. The van der Waals surface area contributed by atoms with Crippen LogP contribution in [0.25, 0.3) is 0 Å². The van der Waals surface area contributed by atoms with Crippen molar-refractivity contribution in [1.29, 1.82) is 0 Å². The Kier molecular flexibility index (Phi) is 10.8. The molecular formula is C33H39ClFN3O4S. The minimum Gasteiger partial charge on any atom is -0.352 e. The number of anilines is 1. The van der Waals surface area contributed by atoms with E-state index in [2.05, 4.69) is 5.32 Å². The summed E-state index contributed by atoms with van der Waals surface area (Å²) in [6, 6.07) is 16.2. The Bertz CT molecular complexity index is 1520. The van der Waals surface area contributed by atoms with Gasteiger partial charge in [-0.15, -0.1) is 0 Å². The smallest absolute Gasteiger partial charge is 0.264 e. The van der Waals surface area contributed by atoms with Crippen molar-refractivity contribution < 1.29 is 22.4 Å². The first-order valence-electron chi connectivity index (χ1n) is 14.7. The van der Waals surface area contributed by atoms with Crippen molar-refractivity contribution in [2.24, 2.45) is 0 Å². The van der Waals surface area contributed by atoms with Crippen LogP contribution < -0.4 is 9.62 Å². The van der Waals surface area contributed by atoms with E-state index in [1.54, 1.807) is 49.4 Å². The molecule has 0 heterocycles. The van der Waals surface area contributed by atoms with Crippen molar-refractivity contribution in [3.05, 3.63) is 94.3 Å². The number of sulfonamides is 1. The summed E-state index contributed by atoms with van der Waals surface area (Å²) in [5.41, 5.74) is 2.27. The van der Waals surface area contributed by atoms with E-state index in [-0.39, 0.29) is 29.1 Å². The van der Waals surface area contributed by atoms with Gasteiger partial charge < -0.3 is 10.2 Å². The summed E-state index contributed by atoms with van der Waals surface area (Å²) in [5.74, 6) is -1.27. The summed E-state index contributed by atoms with van der Waals surface area (Å²) in [7, 11) is -4.22. The quantitative estimate of drug-likeness (QED) is 0.261. The van der Waals surface area contributed by atoms with E-state index < -0.39 is 34.3 Å². The number of nitrogens with one attached hydrogen (secondary N) is 1. The lowest BCUT2D eigenvalue weighted by molar-refractivity contribution is -0.140. The zero-order chi connectivity index (χ0) is 31.1. The lowest BCUT2D eigenvalue weighted by Gasteiger charge is -2.34. The summed E-state index contributed by atoms with van der Waals surface area (Å²) in [6.07, 6.45) is 5.27. The Labute approximate surface area is 259 Å². The zero-order valence-electron chi connectivity index (χ0n) is 24.9. The van der Waals surface area contributed by atoms with Crippen LogP contribution in [0.4, 0.5) is 10.1 Å². The van der Waals surface area contributed by atoms with Crippen LogP contribution in [-0.4, -0.2) is 43.8 Å². The van der Waals surface area contributed by atoms with Gasteiger partial charge in [-0.05, 0) is 80.6 Å². The van der Waals surface area contributed by atoms with E-state index in [0.717, 1.165) is 42.0 Å². The molecule has 230 valence electrons. The molecule has 1 aliphatic carbocycles. The summed E-state index contributed by atoms with van der Waals surface area (Å²) >= 11 is 6.40. The number of benzene rings is 3. The van der Waals surface area contributed by atoms with Crippen molar-refractivity contribution in [3.63, 3.8) is 0 Å². The van der Waals surface area contributed by atoms with Gasteiger partial charge in [-0.25, -0.2) is 12.8 Å². The molecule has 0 spiro atoms. The van der Waals surface area contributed by atoms with Gasteiger partial charge in [0.05, 0.1) is 10.6 Å². The first kappa shape index (κ1) is 32.5. The third kappa shape index (κ3) is 7.95. The molecule has 0 unspecified atom stereocenters. The normalized spacial score (nSPS) is 14.6. The third-order valence-corrected chi connectivity index (χ3v) is 10.2. The average molecular weight is 628 g/mol. The van der Waals surface area contributed by atoms with E-state index in [1.807, 2.05) is 13.8 Å². The Morgan fingerprint density at radius 3 is 2.26 bits per heavy atom. The molecule has 10 heteroatoms. The fourth-order valence-corrected chi connectivity index (χ4v) is 7.11. The molecule has 1 aliphatic rings. The molecule has 1 saturated carbocycles. The molecule has 2 amide bonds. The van der Waals surface area contributed by atoms with Gasteiger partial charge in [0.15, 0.2) is 0 Å². The summed E-state index contributed by atoms with van der Waals surface area (Å²) in [6.45, 7) is 4.81. The van der Waals surface area contributed by atoms with Crippen LogP contribution in [0.3, 0.4) is 0 Å². The Morgan fingerprint density at radius 1 is 0.977 bits per heavy atom. The number of hydrogen-bond donors (Lipinski definition) is 1. The molecule has 43 heavy (non-hydrogen) atoms. The topological polar surface area (TPSA) is 86.8 Å². The highest BCUT2D eigenvalue weighted by Crippen LogP contribution is 2.31. The molecule has 0 aromatic heterocycles. The third-order valence-electron chi connectivity index (χ3n) is 8.00. The van der Waals surface area contributed by atoms with Crippen LogP contribution in [0, 0.1) is 19.7 Å². The van der Waals surface area contributed by atoms with Crippen molar-refractivity contribution in [3.8, 4) is 0 Å². The number of carbonyl (C=O) groups is 2. The van der Waals surface area contributed by atoms with Crippen LogP contribution in [0.2, 0.25) is 5.02 Å². The van der Waals surface area contributed by atoms with Crippen molar-refractivity contribution in [1.82, 2.24) is 10.2 Å². The van der Waals surface area contributed by atoms with Gasteiger partial charge in [-0.2, -0.15) is 0 Å². The molecular weight excluding hydrogens is 589 g/mol. The molecule has 1 fully saturated rings. The lowest BCUT2D eigenvalue weighted by atomic mass is 9.95. The molecule has 0 saturated heterocycles. The van der Waals surface area contributed by atoms with Gasteiger partial charge in [0.25, 0.3) is 10.0 Å². The van der Waals surface area contributed by atoms with Crippen LogP contribution in [0.1, 0.15) is 62.1 Å².